The first kappa shape index (κ1) is 15.0. The number of carbonyl (C=O) groups is 1. The van der Waals surface area contributed by atoms with E-state index >= 15 is 0 Å². The van der Waals surface area contributed by atoms with Crippen LogP contribution in [0.3, 0.4) is 0 Å². The Morgan fingerprint density at radius 3 is 3.05 bits per heavy atom. The molecule has 0 saturated carbocycles. The molecule has 6 heteroatoms. The van der Waals surface area contributed by atoms with E-state index in [1.807, 2.05) is 0 Å². The Morgan fingerprint density at radius 1 is 1.63 bits per heavy atom. The molecule has 1 aromatic heterocycles. The highest BCUT2D eigenvalue weighted by Gasteiger charge is 2.26. The molecule has 1 aliphatic rings. The molecule has 2 heterocycles. The fourth-order valence-corrected chi connectivity index (χ4v) is 3.88. The maximum Gasteiger partial charge on any atom is 0.319 e. The highest BCUT2D eigenvalue weighted by Crippen LogP contribution is 2.26. The predicted molar refractivity (Wildman–Crippen MR) is 80.3 cm³/mol. The number of thiophene rings is 1. The first-order chi connectivity index (χ1) is 9.06. The summed E-state index contributed by atoms with van der Waals surface area (Å²) in [6, 6.07) is 2.31. The molecule has 1 saturated heterocycles. The predicted octanol–water partition coefficient (Wildman–Crippen LogP) is 1.88. The Balaban J connectivity index is 1.91. The Morgan fingerprint density at radius 2 is 2.42 bits per heavy atom. The van der Waals surface area contributed by atoms with E-state index in [0.29, 0.717) is 12.5 Å². The Bertz CT molecular complexity index is 438. The molecule has 2 rings (SSSR count). The lowest BCUT2D eigenvalue weighted by atomic mass is 9.90. The molecule has 0 amide bonds. The molecule has 1 aliphatic heterocycles. The highest BCUT2D eigenvalue weighted by molar-refractivity contribution is 9.11. The van der Waals surface area contributed by atoms with Gasteiger partial charge in [0.15, 0.2) is 0 Å². The van der Waals surface area contributed by atoms with Crippen molar-refractivity contribution in [2.45, 2.75) is 18.9 Å². The molecule has 19 heavy (non-hydrogen) atoms. The fraction of sp³-hybridized carbons (Fsp3) is 0.615. The van der Waals surface area contributed by atoms with Crippen LogP contribution in [0.5, 0.6) is 0 Å². The van der Waals surface area contributed by atoms with Gasteiger partial charge in [0.05, 0.1) is 17.4 Å². The Labute approximate surface area is 126 Å². The van der Waals surface area contributed by atoms with Crippen molar-refractivity contribution in [2.75, 3.05) is 26.7 Å². The lowest BCUT2D eigenvalue weighted by Gasteiger charge is -2.35. The van der Waals surface area contributed by atoms with E-state index in [2.05, 4.69) is 32.3 Å². The van der Waals surface area contributed by atoms with Gasteiger partial charge in [-0.1, -0.05) is 0 Å². The van der Waals surface area contributed by atoms with Crippen molar-refractivity contribution in [2.24, 2.45) is 11.7 Å². The molecule has 1 aromatic rings. The third kappa shape index (κ3) is 4.56. The van der Waals surface area contributed by atoms with Gasteiger partial charge in [0, 0.05) is 19.1 Å². The highest BCUT2D eigenvalue weighted by atomic mass is 79.9. The largest absolute Gasteiger partial charge is 0.468 e. The molecular weight excluding hydrogens is 328 g/mol. The normalized spacial score (nSPS) is 24.4. The van der Waals surface area contributed by atoms with E-state index < -0.39 is 0 Å². The molecule has 106 valence electrons. The number of carbonyl (C=O) groups excluding carboxylic acids is 1. The third-order valence-corrected chi connectivity index (χ3v) is 4.92. The summed E-state index contributed by atoms with van der Waals surface area (Å²) in [7, 11) is 1.42. The summed E-state index contributed by atoms with van der Waals surface area (Å²) in [5, 5.41) is 2.18. The molecule has 4 nitrogen and oxygen atoms in total. The molecular formula is C13H19BrN2O2S. The van der Waals surface area contributed by atoms with Crippen LogP contribution >= 0.6 is 27.3 Å². The van der Waals surface area contributed by atoms with E-state index in [4.69, 9.17) is 10.5 Å². The number of hydrogen-bond donors (Lipinski definition) is 1. The van der Waals surface area contributed by atoms with Crippen LogP contribution in [0.15, 0.2) is 15.2 Å². The molecule has 0 bridgehead atoms. The second kappa shape index (κ2) is 6.83. The lowest BCUT2D eigenvalue weighted by molar-refractivity contribution is -0.142. The van der Waals surface area contributed by atoms with Crippen molar-refractivity contribution in [1.82, 2.24) is 4.90 Å². The van der Waals surface area contributed by atoms with Gasteiger partial charge in [-0.05, 0) is 51.7 Å². The first-order valence-electron chi connectivity index (χ1n) is 6.34. The minimum Gasteiger partial charge on any atom is -0.468 e. The minimum absolute atomic E-state index is 0.144. The maximum atomic E-state index is 11.3. The fourth-order valence-electron chi connectivity index (χ4n) is 2.66. The number of methoxy groups -OCH3 is 1. The van der Waals surface area contributed by atoms with Gasteiger partial charge in [-0.25, -0.2) is 0 Å². The summed E-state index contributed by atoms with van der Waals surface area (Å²) in [5.74, 6) is 0.320. The smallest absolute Gasteiger partial charge is 0.319 e. The number of halogens is 1. The maximum absolute atomic E-state index is 11.3. The second-order valence-electron chi connectivity index (χ2n) is 5.10. The number of nitrogens with two attached hydrogens (primary N) is 1. The van der Waals surface area contributed by atoms with Crippen LogP contribution in [0.2, 0.25) is 0 Å². The van der Waals surface area contributed by atoms with Gasteiger partial charge in [0.25, 0.3) is 0 Å². The van der Waals surface area contributed by atoms with Crippen molar-refractivity contribution < 1.29 is 9.53 Å². The number of rotatable bonds is 4. The molecule has 2 N–H and O–H groups in total. The minimum atomic E-state index is -0.189. The number of likely N-dealkylation sites (tertiary alicyclic amines) is 1. The standard InChI is InChI=1S/C13H19BrN2O2S/c1-18-13(17)7-16-5-9(3-11(15)6-16)2-10-4-12(14)19-8-10/h4,8-9,11H,2-3,5-7,15H2,1H3. The first-order valence-corrected chi connectivity index (χ1v) is 8.01. The van der Waals surface area contributed by atoms with Crippen LogP contribution in [0.4, 0.5) is 0 Å². The quantitative estimate of drug-likeness (QED) is 0.845. The van der Waals surface area contributed by atoms with E-state index in [0.717, 1.165) is 29.7 Å². The summed E-state index contributed by atoms with van der Waals surface area (Å²) in [4.78, 5) is 13.4. The number of nitrogens with zero attached hydrogens (tertiary/aromatic N) is 1. The van der Waals surface area contributed by atoms with Crippen LogP contribution in [0.25, 0.3) is 0 Å². The van der Waals surface area contributed by atoms with Crippen LogP contribution in [0, 0.1) is 5.92 Å². The van der Waals surface area contributed by atoms with Crippen molar-refractivity contribution in [3.05, 3.63) is 20.8 Å². The van der Waals surface area contributed by atoms with Crippen LogP contribution < -0.4 is 5.73 Å². The van der Waals surface area contributed by atoms with Gasteiger partial charge in [-0.2, -0.15) is 0 Å². The molecule has 2 unspecified atom stereocenters. The number of hydrogen-bond acceptors (Lipinski definition) is 5. The van der Waals surface area contributed by atoms with Crippen molar-refractivity contribution in [3.8, 4) is 0 Å². The van der Waals surface area contributed by atoms with Crippen LogP contribution in [-0.4, -0.2) is 43.7 Å². The molecule has 2 atom stereocenters. The average Bonchev–Trinajstić information content (AvgIpc) is 2.73. The average molecular weight is 347 g/mol. The van der Waals surface area contributed by atoms with E-state index in [1.165, 1.54) is 12.7 Å². The van der Waals surface area contributed by atoms with Crippen LogP contribution in [-0.2, 0) is 16.0 Å². The van der Waals surface area contributed by atoms with Crippen molar-refractivity contribution in [3.63, 3.8) is 0 Å². The zero-order chi connectivity index (χ0) is 13.8. The Hall–Kier alpha value is -0.430. The number of piperidine rings is 1. The third-order valence-electron chi connectivity index (χ3n) is 3.37. The number of esters is 1. The van der Waals surface area contributed by atoms with Crippen LogP contribution in [0.1, 0.15) is 12.0 Å². The second-order valence-corrected chi connectivity index (χ2v) is 7.39. The van der Waals surface area contributed by atoms with E-state index in [-0.39, 0.29) is 12.0 Å². The van der Waals surface area contributed by atoms with Crippen molar-refractivity contribution >= 4 is 33.2 Å². The lowest BCUT2D eigenvalue weighted by Crippen LogP contribution is -2.49. The monoisotopic (exact) mass is 346 g/mol. The zero-order valence-electron chi connectivity index (χ0n) is 11.0. The van der Waals surface area contributed by atoms with Gasteiger partial charge in [-0.3, -0.25) is 9.69 Å². The Kier molecular flexibility index (Phi) is 5.38. The molecule has 0 aliphatic carbocycles. The van der Waals surface area contributed by atoms with Gasteiger partial charge >= 0.3 is 5.97 Å². The SMILES string of the molecule is COC(=O)CN1CC(N)CC(Cc2csc(Br)c2)C1. The van der Waals surface area contributed by atoms with E-state index in [1.54, 1.807) is 11.3 Å². The topological polar surface area (TPSA) is 55.6 Å². The molecule has 0 aromatic carbocycles. The van der Waals surface area contributed by atoms with Gasteiger partial charge < -0.3 is 10.5 Å². The van der Waals surface area contributed by atoms with E-state index in [9.17, 15) is 4.79 Å². The summed E-state index contributed by atoms with van der Waals surface area (Å²) in [6.45, 7) is 2.03. The summed E-state index contributed by atoms with van der Waals surface area (Å²) in [5.41, 5.74) is 7.43. The number of ether oxygens (including phenoxy) is 1. The summed E-state index contributed by atoms with van der Waals surface area (Å²) < 4.78 is 5.88. The molecule has 1 fully saturated rings. The summed E-state index contributed by atoms with van der Waals surface area (Å²) in [6.07, 6.45) is 2.04. The van der Waals surface area contributed by atoms with Gasteiger partial charge in [-0.15, -0.1) is 11.3 Å². The molecule has 0 spiro atoms. The molecule has 0 radical (unpaired) electrons. The van der Waals surface area contributed by atoms with Gasteiger partial charge in [0.1, 0.15) is 0 Å². The van der Waals surface area contributed by atoms with Crippen molar-refractivity contribution in [1.29, 1.82) is 0 Å². The zero-order valence-corrected chi connectivity index (χ0v) is 13.4. The van der Waals surface area contributed by atoms with Gasteiger partial charge in [0.2, 0.25) is 0 Å². The summed E-state index contributed by atoms with van der Waals surface area (Å²) >= 11 is 5.19.